The number of rotatable bonds is 2. The molecule has 0 fully saturated rings. The number of carbonyl (C=O) groups is 1. The maximum absolute atomic E-state index is 12.0. The molecule has 0 aliphatic rings. The van der Waals surface area contributed by atoms with Crippen LogP contribution in [0.4, 0.5) is 11.4 Å². The SMILES string of the molecule is Nc1ccc(C(=O)Nc2ccc(S)cc2)cc1S. The van der Waals surface area contributed by atoms with Crippen LogP contribution in [0.1, 0.15) is 10.4 Å². The molecule has 0 bridgehead atoms. The van der Waals surface area contributed by atoms with Crippen molar-refractivity contribution in [2.75, 3.05) is 11.1 Å². The first kappa shape index (κ1) is 12.9. The highest BCUT2D eigenvalue weighted by molar-refractivity contribution is 7.80. The summed E-state index contributed by atoms with van der Waals surface area (Å²) in [6.45, 7) is 0. The third kappa shape index (κ3) is 3.00. The molecule has 0 aliphatic heterocycles. The Kier molecular flexibility index (Phi) is 3.84. The van der Waals surface area contributed by atoms with Gasteiger partial charge in [-0.25, -0.2) is 0 Å². The van der Waals surface area contributed by atoms with Crippen molar-refractivity contribution in [1.82, 2.24) is 0 Å². The van der Waals surface area contributed by atoms with Crippen LogP contribution in [0.3, 0.4) is 0 Å². The highest BCUT2D eigenvalue weighted by Gasteiger charge is 2.07. The molecule has 0 aliphatic carbocycles. The quantitative estimate of drug-likeness (QED) is 0.503. The lowest BCUT2D eigenvalue weighted by Crippen LogP contribution is -2.11. The van der Waals surface area contributed by atoms with Crippen molar-refractivity contribution in [3.63, 3.8) is 0 Å². The second-order valence-electron chi connectivity index (χ2n) is 3.77. The number of amides is 1. The van der Waals surface area contributed by atoms with Gasteiger partial charge in [0.1, 0.15) is 0 Å². The van der Waals surface area contributed by atoms with E-state index in [4.69, 9.17) is 5.73 Å². The summed E-state index contributed by atoms with van der Waals surface area (Å²) in [4.78, 5) is 13.4. The number of hydrogen-bond donors (Lipinski definition) is 4. The van der Waals surface area contributed by atoms with Gasteiger partial charge in [-0.15, -0.1) is 25.3 Å². The molecule has 0 atom stereocenters. The van der Waals surface area contributed by atoms with E-state index in [0.717, 1.165) is 10.6 Å². The van der Waals surface area contributed by atoms with Crippen LogP contribution >= 0.6 is 25.3 Å². The lowest BCUT2D eigenvalue weighted by Gasteiger charge is -2.07. The van der Waals surface area contributed by atoms with Gasteiger partial charge in [-0.3, -0.25) is 4.79 Å². The summed E-state index contributed by atoms with van der Waals surface area (Å²) in [6, 6.07) is 12.2. The standard InChI is InChI=1S/C13H12N2OS2/c14-11-6-1-8(7-12(11)18)13(16)15-9-2-4-10(17)5-3-9/h1-7,17-18H,14H2,(H,15,16). The number of nitrogens with one attached hydrogen (secondary N) is 1. The van der Waals surface area contributed by atoms with E-state index in [9.17, 15) is 4.79 Å². The Labute approximate surface area is 116 Å². The fraction of sp³-hybridized carbons (Fsp3) is 0. The molecule has 3 nitrogen and oxygen atoms in total. The monoisotopic (exact) mass is 276 g/mol. The van der Waals surface area contributed by atoms with E-state index in [1.165, 1.54) is 0 Å². The number of nitrogen functional groups attached to an aromatic ring is 1. The number of nitrogens with two attached hydrogens (primary N) is 1. The van der Waals surface area contributed by atoms with Crippen molar-refractivity contribution in [2.45, 2.75) is 9.79 Å². The first-order valence-electron chi connectivity index (χ1n) is 5.25. The second-order valence-corrected chi connectivity index (χ2v) is 4.77. The van der Waals surface area contributed by atoms with Crippen LogP contribution in [0, 0.1) is 0 Å². The summed E-state index contributed by atoms with van der Waals surface area (Å²) in [5.74, 6) is -0.197. The molecule has 0 heterocycles. The molecule has 0 radical (unpaired) electrons. The van der Waals surface area contributed by atoms with Gasteiger partial charge in [0, 0.05) is 26.7 Å². The largest absolute Gasteiger partial charge is 0.398 e. The lowest BCUT2D eigenvalue weighted by molar-refractivity contribution is 0.102. The number of hydrogen-bond acceptors (Lipinski definition) is 4. The Bertz CT molecular complexity index is 582. The van der Waals surface area contributed by atoms with Crippen molar-refractivity contribution in [1.29, 1.82) is 0 Å². The molecule has 2 aromatic rings. The van der Waals surface area contributed by atoms with E-state index in [1.807, 2.05) is 12.1 Å². The molecule has 0 aromatic heterocycles. The summed E-state index contributed by atoms with van der Waals surface area (Å²) >= 11 is 8.37. The Balaban J connectivity index is 2.16. The second kappa shape index (κ2) is 5.37. The Hall–Kier alpha value is -1.59. The maximum atomic E-state index is 12.0. The minimum absolute atomic E-state index is 0.197. The van der Waals surface area contributed by atoms with Gasteiger partial charge < -0.3 is 11.1 Å². The number of benzene rings is 2. The van der Waals surface area contributed by atoms with Crippen LogP contribution in [-0.4, -0.2) is 5.91 Å². The molecule has 2 aromatic carbocycles. The van der Waals surface area contributed by atoms with E-state index in [0.29, 0.717) is 16.1 Å². The van der Waals surface area contributed by atoms with Gasteiger partial charge in [-0.2, -0.15) is 0 Å². The molecular weight excluding hydrogens is 264 g/mol. The van der Waals surface area contributed by atoms with Gasteiger partial charge >= 0.3 is 0 Å². The first-order valence-corrected chi connectivity index (χ1v) is 6.14. The van der Waals surface area contributed by atoms with Gasteiger partial charge in [0.25, 0.3) is 5.91 Å². The predicted molar refractivity (Wildman–Crippen MR) is 79.8 cm³/mol. The van der Waals surface area contributed by atoms with Gasteiger partial charge in [-0.05, 0) is 42.5 Å². The van der Waals surface area contributed by atoms with Crippen molar-refractivity contribution in [3.8, 4) is 0 Å². The molecule has 92 valence electrons. The number of carbonyl (C=O) groups excluding carboxylic acids is 1. The molecule has 5 heteroatoms. The summed E-state index contributed by atoms with van der Waals surface area (Å²) in [6.07, 6.45) is 0. The zero-order valence-corrected chi connectivity index (χ0v) is 11.2. The summed E-state index contributed by atoms with van der Waals surface area (Å²) in [5, 5.41) is 2.78. The topological polar surface area (TPSA) is 55.1 Å². The molecule has 0 saturated carbocycles. The normalized spacial score (nSPS) is 10.1. The Morgan fingerprint density at radius 1 is 1.06 bits per heavy atom. The zero-order valence-electron chi connectivity index (χ0n) is 9.42. The molecule has 0 spiro atoms. The minimum atomic E-state index is -0.197. The lowest BCUT2D eigenvalue weighted by atomic mass is 10.2. The Morgan fingerprint density at radius 2 is 1.72 bits per heavy atom. The third-order valence-electron chi connectivity index (χ3n) is 2.42. The molecule has 18 heavy (non-hydrogen) atoms. The highest BCUT2D eigenvalue weighted by atomic mass is 32.1. The summed E-state index contributed by atoms with van der Waals surface area (Å²) in [5.41, 5.74) is 7.43. The fourth-order valence-corrected chi connectivity index (χ4v) is 1.80. The molecule has 0 saturated heterocycles. The summed E-state index contributed by atoms with van der Waals surface area (Å²) < 4.78 is 0. The maximum Gasteiger partial charge on any atom is 0.255 e. The van der Waals surface area contributed by atoms with Gasteiger partial charge in [0.2, 0.25) is 0 Å². The van der Waals surface area contributed by atoms with Crippen LogP contribution in [0.2, 0.25) is 0 Å². The van der Waals surface area contributed by atoms with Crippen molar-refractivity contribution >= 4 is 42.5 Å². The molecule has 0 unspecified atom stereocenters. The summed E-state index contributed by atoms with van der Waals surface area (Å²) in [7, 11) is 0. The molecule has 1 amide bonds. The number of anilines is 2. The molecule has 3 N–H and O–H groups in total. The first-order chi connectivity index (χ1) is 8.56. The van der Waals surface area contributed by atoms with Gasteiger partial charge in [0.05, 0.1) is 0 Å². The third-order valence-corrected chi connectivity index (χ3v) is 3.10. The van der Waals surface area contributed by atoms with Crippen LogP contribution in [0.15, 0.2) is 52.3 Å². The average Bonchev–Trinajstić information content (AvgIpc) is 2.35. The van der Waals surface area contributed by atoms with Crippen molar-refractivity contribution in [3.05, 3.63) is 48.0 Å². The smallest absolute Gasteiger partial charge is 0.255 e. The Morgan fingerprint density at radius 3 is 2.33 bits per heavy atom. The van der Waals surface area contributed by atoms with E-state index in [-0.39, 0.29) is 5.91 Å². The van der Waals surface area contributed by atoms with Crippen LogP contribution < -0.4 is 11.1 Å². The van der Waals surface area contributed by atoms with E-state index >= 15 is 0 Å². The van der Waals surface area contributed by atoms with Gasteiger partial charge in [0.15, 0.2) is 0 Å². The average molecular weight is 276 g/mol. The van der Waals surface area contributed by atoms with Crippen molar-refractivity contribution in [2.24, 2.45) is 0 Å². The van der Waals surface area contributed by atoms with Crippen LogP contribution in [-0.2, 0) is 0 Å². The predicted octanol–water partition coefficient (Wildman–Crippen LogP) is 3.10. The number of thiol groups is 2. The van der Waals surface area contributed by atoms with Gasteiger partial charge in [-0.1, -0.05) is 0 Å². The minimum Gasteiger partial charge on any atom is -0.398 e. The van der Waals surface area contributed by atoms with E-state index in [1.54, 1.807) is 30.3 Å². The zero-order chi connectivity index (χ0) is 13.1. The van der Waals surface area contributed by atoms with E-state index in [2.05, 4.69) is 30.6 Å². The molecular formula is C13H12N2OS2. The van der Waals surface area contributed by atoms with Crippen molar-refractivity contribution < 1.29 is 4.79 Å². The van der Waals surface area contributed by atoms with Crippen LogP contribution in [0.5, 0.6) is 0 Å². The molecule has 2 rings (SSSR count). The van der Waals surface area contributed by atoms with Crippen LogP contribution in [0.25, 0.3) is 0 Å². The highest BCUT2D eigenvalue weighted by Crippen LogP contribution is 2.19. The fourth-order valence-electron chi connectivity index (χ4n) is 1.43. The van der Waals surface area contributed by atoms with E-state index < -0.39 is 0 Å².